The van der Waals surface area contributed by atoms with Crippen LogP contribution in [0, 0.1) is 5.82 Å². The molecule has 0 fully saturated rings. The minimum absolute atomic E-state index is 0.0200. The second kappa shape index (κ2) is 9.39. The Morgan fingerprint density at radius 1 is 1.08 bits per heavy atom. The molecular weight excluding hydrogens is 325 g/mol. The normalized spacial score (nSPS) is 10.2. The van der Waals surface area contributed by atoms with E-state index in [1.165, 1.54) is 24.3 Å². The molecule has 0 unspecified atom stereocenters. The first kappa shape index (κ1) is 18.4. The fourth-order valence-corrected chi connectivity index (χ4v) is 2.06. The largest absolute Gasteiger partial charge is 0.383 e. The van der Waals surface area contributed by atoms with Crippen LogP contribution in [0.4, 0.5) is 15.8 Å². The average Bonchev–Trinajstić information content (AvgIpc) is 2.62. The molecule has 0 atom stereocenters. The zero-order valence-electron chi connectivity index (χ0n) is 13.8. The van der Waals surface area contributed by atoms with Crippen LogP contribution in [0.1, 0.15) is 10.4 Å². The van der Waals surface area contributed by atoms with Gasteiger partial charge in [-0.25, -0.2) is 4.39 Å². The van der Waals surface area contributed by atoms with E-state index in [0.29, 0.717) is 30.1 Å². The standard InChI is InChI=1S/C18H20FN3O3/c1-25-10-9-20-18(24)13-3-2-4-16(11-13)21-12-17(23)22-15-7-5-14(19)6-8-15/h2-8,11,21H,9-10,12H2,1H3,(H,20,24)(H,22,23). The summed E-state index contributed by atoms with van der Waals surface area (Å²) in [6.07, 6.45) is 0. The summed E-state index contributed by atoms with van der Waals surface area (Å²) in [4.78, 5) is 23.9. The molecule has 0 saturated carbocycles. The van der Waals surface area contributed by atoms with Crippen LogP contribution in [-0.4, -0.2) is 38.6 Å². The van der Waals surface area contributed by atoms with Crippen LogP contribution in [0.5, 0.6) is 0 Å². The lowest BCUT2D eigenvalue weighted by atomic mass is 10.2. The van der Waals surface area contributed by atoms with E-state index in [4.69, 9.17) is 4.74 Å². The van der Waals surface area contributed by atoms with Gasteiger partial charge in [-0.3, -0.25) is 9.59 Å². The molecule has 6 nitrogen and oxygen atoms in total. The topological polar surface area (TPSA) is 79.5 Å². The summed E-state index contributed by atoms with van der Waals surface area (Å²) in [7, 11) is 1.56. The molecule has 0 bridgehead atoms. The third kappa shape index (κ3) is 6.23. The zero-order chi connectivity index (χ0) is 18.1. The minimum atomic E-state index is -0.364. The summed E-state index contributed by atoms with van der Waals surface area (Å²) >= 11 is 0. The van der Waals surface area contributed by atoms with Crippen molar-refractivity contribution < 1.29 is 18.7 Å². The molecule has 3 N–H and O–H groups in total. The SMILES string of the molecule is COCCNC(=O)c1cccc(NCC(=O)Nc2ccc(F)cc2)c1. The molecule has 2 aromatic rings. The minimum Gasteiger partial charge on any atom is -0.383 e. The Kier molecular flexibility index (Phi) is 6.91. The molecule has 0 heterocycles. The molecular formula is C18H20FN3O3. The number of amides is 2. The Bertz CT molecular complexity index is 720. The summed E-state index contributed by atoms with van der Waals surface area (Å²) < 4.78 is 17.7. The van der Waals surface area contributed by atoms with Crippen molar-refractivity contribution in [2.24, 2.45) is 0 Å². The molecule has 0 spiro atoms. The van der Waals surface area contributed by atoms with Crippen LogP contribution in [0.15, 0.2) is 48.5 Å². The van der Waals surface area contributed by atoms with Gasteiger partial charge in [-0.2, -0.15) is 0 Å². The Balaban J connectivity index is 1.85. The monoisotopic (exact) mass is 345 g/mol. The van der Waals surface area contributed by atoms with E-state index >= 15 is 0 Å². The van der Waals surface area contributed by atoms with E-state index in [0.717, 1.165) is 0 Å². The van der Waals surface area contributed by atoms with E-state index in [9.17, 15) is 14.0 Å². The number of hydrogen-bond donors (Lipinski definition) is 3. The number of nitrogens with one attached hydrogen (secondary N) is 3. The predicted octanol–water partition coefficient (Wildman–Crippen LogP) is 2.25. The van der Waals surface area contributed by atoms with Gasteiger partial charge < -0.3 is 20.7 Å². The highest BCUT2D eigenvalue weighted by molar-refractivity contribution is 5.96. The number of carbonyl (C=O) groups excluding carboxylic acids is 2. The number of carbonyl (C=O) groups is 2. The number of rotatable bonds is 8. The fraction of sp³-hybridized carbons (Fsp3) is 0.222. The molecule has 7 heteroatoms. The maximum Gasteiger partial charge on any atom is 0.251 e. The summed E-state index contributed by atoms with van der Waals surface area (Å²) in [5.74, 6) is -0.852. The summed E-state index contributed by atoms with van der Waals surface area (Å²) in [5, 5.41) is 8.33. The quantitative estimate of drug-likeness (QED) is 0.641. The van der Waals surface area contributed by atoms with Crippen LogP contribution in [-0.2, 0) is 9.53 Å². The number of ether oxygens (including phenoxy) is 1. The van der Waals surface area contributed by atoms with E-state index in [1.54, 1.807) is 31.4 Å². The summed E-state index contributed by atoms with van der Waals surface area (Å²) in [5.41, 5.74) is 1.65. The molecule has 132 valence electrons. The molecule has 0 radical (unpaired) electrons. The van der Waals surface area contributed by atoms with E-state index in [-0.39, 0.29) is 24.2 Å². The van der Waals surface area contributed by atoms with Gasteiger partial charge >= 0.3 is 0 Å². The number of benzene rings is 2. The molecule has 0 aromatic heterocycles. The maximum atomic E-state index is 12.8. The predicted molar refractivity (Wildman–Crippen MR) is 94.2 cm³/mol. The van der Waals surface area contributed by atoms with Gasteiger partial charge in [0.15, 0.2) is 0 Å². The van der Waals surface area contributed by atoms with Crippen molar-refractivity contribution >= 4 is 23.2 Å². The Labute approximate surface area is 145 Å². The third-order valence-electron chi connectivity index (χ3n) is 3.30. The number of anilines is 2. The first-order valence-corrected chi connectivity index (χ1v) is 7.75. The molecule has 2 amide bonds. The molecule has 2 rings (SSSR count). The van der Waals surface area contributed by atoms with Crippen molar-refractivity contribution in [1.82, 2.24) is 5.32 Å². The van der Waals surface area contributed by atoms with Gasteiger partial charge in [0.25, 0.3) is 5.91 Å². The highest BCUT2D eigenvalue weighted by Gasteiger charge is 2.07. The van der Waals surface area contributed by atoms with Crippen LogP contribution < -0.4 is 16.0 Å². The number of methoxy groups -OCH3 is 1. The highest BCUT2D eigenvalue weighted by atomic mass is 19.1. The van der Waals surface area contributed by atoms with Crippen molar-refractivity contribution in [3.63, 3.8) is 0 Å². The Morgan fingerprint density at radius 3 is 2.56 bits per heavy atom. The van der Waals surface area contributed by atoms with Crippen LogP contribution >= 0.6 is 0 Å². The van der Waals surface area contributed by atoms with Crippen LogP contribution in [0.3, 0.4) is 0 Å². The van der Waals surface area contributed by atoms with Gasteiger partial charge in [0.2, 0.25) is 5.91 Å². The van der Waals surface area contributed by atoms with Crippen molar-refractivity contribution in [3.05, 3.63) is 59.9 Å². The molecule has 0 aliphatic rings. The van der Waals surface area contributed by atoms with Gasteiger partial charge in [-0.05, 0) is 42.5 Å². The van der Waals surface area contributed by atoms with Gasteiger partial charge in [-0.1, -0.05) is 6.07 Å². The lowest BCUT2D eigenvalue weighted by Gasteiger charge is -2.09. The Morgan fingerprint density at radius 2 is 1.84 bits per heavy atom. The highest BCUT2D eigenvalue weighted by Crippen LogP contribution is 2.11. The van der Waals surface area contributed by atoms with Gasteiger partial charge in [0.05, 0.1) is 13.2 Å². The zero-order valence-corrected chi connectivity index (χ0v) is 13.8. The number of hydrogen-bond acceptors (Lipinski definition) is 4. The molecule has 0 aliphatic carbocycles. The lowest BCUT2D eigenvalue weighted by molar-refractivity contribution is -0.114. The molecule has 25 heavy (non-hydrogen) atoms. The van der Waals surface area contributed by atoms with Crippen molar-refractivity contribution in [3.8, 4) is 0 Å². The van der Waals surface area contributed by atoms with Gasteiger partial charge in [0, 0.05) is 30.6 Å². The average molecular weight is 345 g/mol. The first-order valence-electron chi connectivity index (χ1n) is 7.75. The van der Waals surface area contributed by atoms with Gasteiger partial charge in [0.1, 0.15) is 5.82 Å². The van der Waals surface area contributed by atoms with E-state index in [1.807, 2.05) is 0 Å². The first-order chi connectivity index (χ1) is 12.1. The third-order valence-corrected chi connectivity index (χ3v) is 3.30. The van der Waals surface area contributed by atoms with Crippen molar-refractivity contribution in [2.45, 2.75) is 0 Å². The molecule has 2 aromatic carbocycles. The van der Waals surface area contributed by atoms with Crippen LogP contribution in [0.25, 0.3) is 0 Å². The molecule has 0 saturated heterocycles. The maximum absolute atomic E-state index is 12.8. The van der Waals surface area contributed by atoms with Crippen molar-refractivity contribution in [1.29, 1.82) is 0 Å². The second-order valence-corrected chi connectivity index (χ2v) is 5.24. The molecule has 0 aliphatic heterocycles. The smallest absolute Gasteiger partial charge is 0.251 e. The fourth-order valence-electron chi connectivity index (χ4n) is 2.06. The van der Waals surface area contributed by atoms with E-state index in [2.05, 4.69) is 16.0 Å². The summed E-state index contributed by atoms with van der Waals surface area (Å²) in [6.45, 7) is 0.881. The summed E-state index contributed by atoms with van der Waals surface area (Å²) in [6, 6.07) is 12.3. The lowest BCUT2D eigenvalue weighted by Crippen LogP contribution is -2.27. The van der Waals surface area contributed by atoms with Crippen molar-refractivity contribution in [2.75, 3.05) is 37.4 Å². The Hall–Kier alpha value is -2.93. The second-order valence-electron chi connectivity index (χ2n) is 5.24. The van der Waals surface area contributed by atoms with E-state index < -0.39 is 0 Å². The van der Waals surface area contributed by atoms with Crippen LogP contribution in [0.2, 0.25) is 0 Å². The van der Waals surface area contributed by atoms with Gasteiger partial charge in [-0.15, -0.1) is 0 Å². The number of halogens is 1.